The molecule has 136 valence electrons. The first-order chi connectivity index (χ1) is 12.9. The SMILES string of the molecule is Cc1c(C(=O)C=Cc2cc([N+](=O)[O-])ccc2Cl)cnn1-c1ccc(F)cc1. The lowest BCUT2D eigenvalue weighted by Crippen LogP contribution is -2.01. The zero-order chi connectivity index (χ0) is 19.6. The predicted molar refractivity (Wildman–Crippen MR) is 99.7 cm³/mol. The van der Waals surface area contributed by atoms with Gasteiger partial charge < -0.3 is 0 Å². The second-order valence-corrected chi connectivity index (χ2v) is 6.10. The van der Waals surface area contributed by atoms with Gasteiger partial charge in [-0.05, 0) is 55.0 Å². The first-order valence-corrected chi connectivity index (χ1v) is 8.21. The lowest BCUT2D eigenvalue weighted by Gasteiger charge is -2.04. The number of halogens is 2. The van der Waals surface area contributed by atoms with Crippen LogP contribution in [0, 0.1) is 22.9 Å². The lowest BCUT2D eigenvalue weighted by molar-refractivity contribution is -0.384. The third-order valence-electron chi connectivity index (χ3n) is 3.95. The molecule has 0 saturated heterocycles. The molecule has 1 heterocycles. The van der Waals surface area contributed by atoms with Gasteiger partial charge in [-0.1, -0.05) is 11.6 Å². The molecule has 27 heavy (non-hydrogen) atoms. The van der Waals surface area contributed by atoms with E-state index in [0.717, 1.165) is 0 Å². The normalized spacial score (nSPS) is 11.1. The van der Waals surface area contributed by atoms with Gasteiger partial charge in [0.15, 0.2) is 5.78 Å². The van der Waals surface area contributed by atoms with E-state index < -0.39 is 4.92 Å². The number of hydrogen-bond acceptors (Lipinski definition) is 4. The molecule has 8 heteroatoms. The van der Waals surface area contributed by atoms with Crippen LogP contribution in [0.25, 0.3) is 11.8 Å². The maximum Gasteiger partial charge on any atom is 0.270 e. The number of carbonyl (C=O) groups excluding carboxylic acids is 1. The first-order valence-electron chi connectivity index (χ1n) is 7.84. The number of hydrogen-bond donors (Lipinski definition) is 0. The Morgan fingerprint density at radius 2 is 1.96 bits per heavy atom. The van der Waals surface area contributed by atoms with Crippen LogP contribution in [0.3, 0.4) is 0 Å². The first kappa shape index (κ1) is 18.5. The summed E-state index contributed by atoms with van der Waals surface area (Å²) in [5.41, 5.74) is 1.81. The zero-order valence-corrected chi connectivity index (χ0v) is 14.9. The summed E-state index contributed by atoms with van der Waals surface area (Å²) >= 11 is 6.03. The van der Waals surface area contributed by atoms with Crippen molar-refractivity contribution in [3.8, 4) is 5.69 Å². The number of nitro benzene ring substituents is 1. The van der Waals surface area contributed by atoms with Crippen molar-refractivity contribution in [2.45, 2.75) is 6.92 Å². The minimum absolute atomic E-state index is 0.119. The summed E-state index contributed by atoms with van der Waals surface area (Å²) < 4.78 is 14.6. The second kappa shape index (κ2) is 7.51. The molecular formula is C19H13ClFN3O3. The van der Waals surface area contributed by atoms with Gasteiger partial charge in [-0.3, -0.25) is 14.9 Å². The number of rotatable bonds is 5. The third-order valence-corrected chi connectivity index (χ3v) is 4.30. The van der Waals surface area contributed by atoms with Crippen molar-refractivity contribution in [3.05, 3.63) is 92.5 Å². The summed E-state index contributed by atoms with van der Waals surface area (Å²) in [7, 11) is 0. The van der Waals surface area contributed by atoms with Crippen molar-refractivity contribution in [3.63, 3.8) is 0 Å². The largest absolute Gasteiger partial charge is 0.289 e. The Morgan fingerprint density at radius 3 is 2.63 bits per heavy atom. The highest BCUT2D eigenvalue weighted by Gasteiger charge is 2.14. The highest BCUT2D eigenvalue weighted by molar-refractivity contribution is 6.32. The summed E-state index contributed by atoms with van der Waals surface area (Å²) in [5.74, 6) is -0.694. The molecule has 0 radical (unpaired) electrons. The molecular weight excluding hydrogens is 373 g/mol. The van der Waals surface area contributed by atoms with Crippen molar-refractivity contribution in [2.24, 2.45) is 0 Å². The summed E-state index contributed by atoms with van der Waals surface area (Å²) in [6, 6.07) is 9.72. The molecule has 0 amide bonds. The summed E-state index contributed by atoms with van der Waals surface area (Å²) in [4.78, 5) is 22.8. The van der Waals surface area contributed by atoms with Crippen LogP contribution in [0.1, 0.15) is 21.6 Å². The van der Waals surface area contributed by atoms with Gasteiger partial charge in [0.1, 0.15) is 5.82 Å². The molecule has 6 nitrogen and oxygen atoms in total. The van der Waals surface area contributed by atoms with Gasteiger partial charge in [-0.25, -0.2) is 9.07 Å². The molecule has 0 aliphatic heterocycles. The molecule has 0 N–H and O–H groups in total. The average Bonchev–Trinajstić information content (AvgIpc) is 3.02. The number of carbonyl (C=O) groups is 1. The lowest BCUT2D eigenvalue weighted by atomic mass is 10.1. The third kappa shape index (κ3) is 3.93. The molecule has 0 aliphatic rings. The van der Waals surface area contributed by atoms with E-state index in [1.54, 1.807) is 19.1 Å². The van der Waals surface area contributed by atoms with E-state index in [1.807, 2.05) is 0 Å². The molecule has 0 saturated carbocycles. The Bertz CT molecular complexity index is 1060. The van der Waals surface area contributed by atoms with Crippen LogP contribution in [0.15, 0.2) is 54.7 Å². The van der Waals surface area contributed by atoms with Crippen molar-refractivity contribution in [1.82, 2.24) is 9.78 Å². The summed E-state index contributed by atoms with van der Waals surface area (Å²) in [5, 5.41) is 15.3. The Kier molecular flexibility index (Phi) is 5.14. The number of non-ortho nitro benzene ring substituents is 1. The van der Waals surface area contributed by atoms with Crippen molar-refractivity contribution in [1.29, 1.82) is 0 Å². The number of benzene rings is 2. The van der Waals surface area contributed by atoms with Crippen LogP contribution in [0.2, 0.25) is 5.02 Å². The van der Waals surface area contributed by atoms with Crippen LogP contribution < -0.4 is 0 Å². The van der Waals surface area contributed by atoms with Crippen molar-refractivity contribution >= 4 is 29.1 Å². The van der Waals surface area contributed by atoms with Gasteiger partial charge in [-0.15, -0.1) is 0 Å². The minimum Gasteiger partial charge on any atom is -0.289 e. The smallest absolute Gasteiger partial charge is 0.270 e. The van der Waals surface area contributed by atoms with E-state index in [4.69, 9.17) is 11.6 Å². The predicted octanol–water partition coefficient (Wildman–Crippen LogP) is 4.78. The summed E-state index contributed by atoms with van der Waals surface area (Å²) in [6.45, 7) is 1.72. The fourth-order valence-corrected chi connectivity index (χ4v) is 2.70. The Balaban J connectivity index is 1.87. The molecule has 0 bridgehead atoms. The van der Waals surface area contributed by atoms with Crippen molar-refractivity contribution < 1.29 is 14.1 Å². The molecule has 0 spiro atoms. The Hall–Kier alpha value is -3.32. The second-order valence-electron chi connectivity index (χ2n) is 5.69. The van der Waals surface area contributed by atoms with Crippen molar-refractivity contribution in [2.75, 3.05) is 0 Å². The molecule has 3 aromatic rings. The van der Waals surface area contributed by atoms with Gasteiger partial charge in [0.05, 0.1) is 28.1 Å². The molecule has 0 unspecified atom stereocenters. The maximum atomic E-state index is 13.1. The number of allylic oxidation sites excluding steroid dienone is 1. The van der Waals surface area contributed by atoms with Gasteiger partial charge >= 0.3 is 0 Å². The standard InChI is InChI=1S/C19H13ClFN3O3/c1-12-17(11-22-23(12)15-5-3-14(21)4-6-15)19(25)9-2-13-10-16(24(26)27)7-8-18(13)20/h2-11H,1H3. The maximum absolute atomic E-state index is 13.1. The van der Waals surface area contributed by atoms with Crippen LogP contribution in [-0.2, 0) is 0 Å². The Morgan fingerprint density at radius 1 is 1.26 bits per heavy atom. The van der Waals surface area contributed by atoms with E-state index in [1.165, 1.54) is 53.4 Å². The number of nitrogens with zero attached hydrogens (tertiary/aromatic N) is 3. The van der Waals surface area contributed by atoms with Gasteiger partial charge in [-0.2, -0.15) is 5.10 Å². The van der Waals surface area contributed by atoms with E-state index in [-0.39, 0.29) is 17.3 Å². The molecule has 2 aromatic carbocycles. The zero-order valence-electron chi connectivity index (χ0n) is 14.1. The van der Waals surface area contributed by atoms with Gasteiger partial charge in [0.2, 0.25) is 0 Å². The molecule has 1 aromatic heterocycles. The van der Waals surface area contributed by atoms with Crippen LogP contribution in [0.5, 0.6) is 0 Å². The number of nitro groups is 1. The van der Waals surface area contributed by atoms with Gasteiger partial charge in [0.25, 0.3) is 5.69 Å². The molecule has 0 aliphatic carbocycles. The molecule has 0 atom stereocenters. The van der Waals surface area contributed by atoms with Gasteiger partial charge in [0, 0.05) is 17.2 Å². The van der Waals surface area contributed by atoms with E-state index >= 15 is 0 Å². The van der Waals surface area contributed by atoms with E-state index in [0.29, 0.717) is 27.5 Å². The highest BCUT2D eigenvalue weighted by Crippen LogP contribution is 2.23. The fraction of sp³-hybridized carbons (Fsp3) is 0.0526. The quantitative estimate of drug-likeness (QED) is 0.274. The fourth-order valence-electron chi connectivity index (χ4n) is 2.52. The molecule has 0 fully saturated rings. The molecule has 3 rings (SSSR count). The number of aromatic nitrogens is 2. The van der Waals surface area contributed by atoms with E-state index in [9.17, 15) is 19.3 Å². The van der Waals surface area contributed by atoms with E-state index in [2.05, 4.69) is 5.10 Å². The van der Waals surface area contributed by atoms with Crippen LogP contribution in [0.4, 0.5) is 10.1 Å². The number of ketones is 1. The Labute approximate surface area is 158 Å². The minimum atomic E-state index is -0.535. The monoisotopic (exact) mass is 385 g/mol. The topological polar surface area (TPSA) is 78.0 Å². The van der Waals surface area contributed by atoms with Crippen LogP contribution >= 0.6 is 11.6 Å². The van der Waals surface area contributed by atoms with Crippen LogP contribution in [-0.4, -0.2) is 20.5 Å². The summed E-state index contributed by atoms with van der Waals surface area (Å²) in [6.07, 6.45) is 4.12. The highest BCUT2D eigenvalue weighted by atomic mass is 35.5. The average molecular weight is 386 g/mol.